The number of nitrogens with one attached hydrogen (secondary N) is 2. The molecule has 0 saturated heterocycles. The van der Waals surface area contributed by atoms with Crippen molar-refractivity contribution >= 4 is 17.4 Å². The van der Waals surface area contributed by atoms with Crippen molar-refractivity contribution < 1.29 is 4.79 Å². The quantitative estimate of drug-likeness (QED) is 0.864. The molecule has 1 heterocycles. The molecule has 0 radical (unpaired) electrons. The van der Waals surface area contributed by atoms with E-state index in [1.807, 2.05) is 31.2 Å². The maximum Gasteiger partial charge on any atom is 0.275 e. The number of aryl methyl sites for hydroxylation is 1. The molecule has 0 fully saturated rings. The number of benzene rings is 1. The molecule has 92 valence electrons. The first kappa shape index (κ1) is 12.0. The molecule has 0 saturated carbocycles. The van der Waals surface area contributed by atoms with Crippen LogP contribution in [0, 0.1) is 6.92 Å². The van der Waals surface area contributed by atoms with Crippen molar-refractivity contribution in [2.24, 2.45) is 0 Å². The molecule has 1 amide bonds. The minimum absolute atomic E-state index is 0.269. The Labute approximate surface area is 105 Å². The van der Waals surface area contributed by atoms with E-state index < -0.39 is 0 Å². The predicted molar refractivity (Wildman–Crippen MR) is 70.7 cm³/mol. The minimum atomic E-state index is -0.269. The van der Waals surface area contributed by atoms with E-state index in [9.17, 15) is 4.79 Å². The Hall–Kier alpha value is -2.43. The number of nitrogens with zero attached hydrogens (tertiary/aromatic N) is 2. The van der Waals surface area contributed by atoms with E-state index in [1.165, 1.54) is 12.4 Å². The third-order valence-corrected chi connectivity index (χ3v) is 2.45. The number of hydrogen-bond donors (Lipinski definition) is 2. The molecule has 18 heavy (non-hydrogen) atoms. The van der Waals surface area contributed by atoms with Gasteiger partial charge in [0.1, 0.15) is 11.5 Å². The van der Waals surface area contributed by atoms with Crippen LogP contribution in [0.5, 0.6) is 0 Å². The monoisotopic (exact) mass is 242 g/mol. The maximum atomic E-state index is 11.9. The summed E-state index contributed by atoms with van der Waals surface area (Å²) in [5.41, 5.74) is 2.17. The molecule has 2 rings (SSSR count). The van der Waals surface area contributed by atoms with Crippen LogP contribution in [0.1, 0.15) is 16.1 Å². The lowest BCUT2D eigenvalue weighted by atomic mass is 10.2. The number of hydrogen-bond acceptors (Lipinski definition) is 4. The highest BCUT2D eigenvalue weighted by Crippen LogP contribution is 2.10. The average Bonchev–Trinajstić information content (AvgIpc) is 2.41. The van der Waals surface area contributed by atoms with Crippen LogP contribution in [0.25, 0.3) is 0 Å². The summed E-state index contributed by atoms with van der Waals surface area (Å²) in [5, 5.41) is 5.60. The first-order valence-corrected chi connectivity index (χ1v) is 5.57. The topological polar surface area (TPSA) is 66.9 Å². The molecule has 0 bridgehead atoms. The highest BCUT2D eigenvalue weighted by atomic mass is 16.1. The summed E-state index contributed by atoms with van der Waals surface area (Å²) in [7, 11) is 1.75. The maximum absolute atomic E-state index is 11.9. The lowest BCUT2D eigenvalue weighted by Gasteiger charge is -2.05. The third kappa shape index (κ3) is 2.82. The van der Waals surface area contributed by atoms with E-state index in [0.717, 1.165) is 11.3 Å². The summed E-state index contributed by atoms with van der Waals surface area (Å²) in [6.45, 7) is 1.99. The summed E-state index contributed by atoms with van der Waals surface area (Å²) in [6, 6.07) is 7.57. The van der Waals surface area contributed by atoms with Crippen molar-refractivity contribution in [3.05, 3.63) is 47.9 Å². The van der Waals surface area contributed by atoms with E-state index in [1.54, 1.807) is 7.05 Å². The molecule has 2 N–H and O–H groups in total. The van der Waals surface area contributed by atoms with Gasteiger partial charge in [-0.2, -0.15) is 0 Å². The molecule has 0 unspecified atom stereocenters. The van der Waals surface area contributed by atoms with Gasteiger partial charge >= 0.3 is 0 Å². The van der Waals surface area contributed by atoms with Crippen LogP contribution >= 0.6 is 0 Å². The smallest absolute Gasteiger partial charge is 0.275 e. The Morgan fingerprint density at radius 1 is 1.11 bits per heavy atom. The van der Waals surface area contributed by atoms with E-state index in [4.69, 9.17) is 0 Å². The van der Waals surface area contributed by atoms with Crippen molar-refractivity contribution in [1.82, 2.24) is 9.97 Å². The molecule has 0 spiro atoms. The average molecular weight is 242 g/mol. The summed E-state index contributed by atoms with van der Waals surface area (Å²) in [6.07, 6.45) is 2.96. The molecule has 1 aromatic heterocycles. The van der Waals surface area contributed by atoms with Crippen molar-refractivity contribution in [1.29, 1.82) is 0 Å². The molecule has 0 aliphatic heterocycles. The zero-order valence-electron chi connectivity index (χ0n) is 10.3. The molecular formula is C13H14N4O. The number of anilines is 2. The fourth-order valence-electron chi connectivity index (χ4n) is 1.41. The van der Waals surface area contributed by atoms with E-state index in [2.05, 4.69) is 20.6 Å². The highest BCUT2D eigenvalue weighted by molar-refractivity contribution is 6.02. The molecule has 5 heteroatoms. The van der Waals surface area contributed by atoms with Crippen LogP contribution in [-0.4, -0.2) is 22.9 Å². The van der Waals surface area contributed by atoms with Gasteiger partial charge in [-0.15, -0.1) is 0 Å². The molecule has 5 nitrogen and oxygen atoms in total. The van der Waals surface area contributed by atoms with Crippen LogP contribution in [-0.2, 0) is 0 Å². The standard InChI is InChI=1S/C13H14N4O/c1-9-3-5-10(6-4-9)17-13(18)11-7-16-12(14-2)8-15-11/h3-8H,1-2H3,(H,14,16)(H,17,18). The SMILES string of the molecule is CNc1cnc(C(=O)Nc2ccc(C)cc2)cn1. The fraction of sp³-hybridized carbons (Fsp3) is 0.154. The van der Waals surface area contributed by atoms with Gasteiger partial charge < -0.3 is 10.6 Å². The first-order chi connectivity index (χ1) is 8.69. The second kappa shape index (κ2) is 5.27. The van der Waals surface area contributed by atoms with Crippen molar-refractivity contribution in [2.75, 3.05) is 17.7 Å². The van der Waals surface area contributed by atoms with Crippen LogP contribution < -0.4 is 10.6 Å². The molecule has 0 aliphatic rings. The minimum Gasteiger partial charge on any atom is -0.372 e. The van der Waals surface area contributed by atoms with Crippen molar-refractivity contribution in [3.63, 3.8) is 0 Å². The lowest BCUT2D eigenvalue weighted by molar-refractivity contribution is 0.102. The van der Waals surface area contributed by atoms with Gasteiger partial charge in [0.25, 0.3) is 5.91 Å². The van der Waals surface area contributed by atoms with Gasteiger partial charge in [0, 0.05) is 12.7 Å². The molecular weight excluding hydrogens is 228 g/mol. The largest absolute Gasteiger partial charge is 0.372 e. The van der Waals surface area contributed by atoms with Gasteiger partial charge in [0.15, 0.2) is 0 Å². The van der Waals surface area contributed by atoms with Gasteiger partial charge in [-0.3, -0.25) is 4.79 Å². The lowest BCUT2D eigenvalue weighted by Crippen LogP contribution is -2.14. The highest BCUT2D eigenvalue weighted by Gasteiger charge is 2.07. The normalized spacial score (nSPS) is 9.89. The van der Waals surface area contributed by atoms with Crippen molar-refractivity contribution in [2.45, 2.75) is 6.92 Å². The first-order valence-electron chi connectivity index (χ1n) is 5.57. The molecule has 1 aromatic carbocycles. The molecule has 0 aliphatic carbocycles. The number of carbonyl (C=O) groups excluding carboxylic acids is 1. The third-order valence-electron chi connectivity index (χ3n) is 2.45. The number of rotatable bonds is 3. The van der Waals surface area contributed by atoms with Crippen molar-refractivity contribution in [3.8, 4) is 0 Å². The van der Waals surface area contributed by atoms with Crippen LogP contribution in [0.3, 0.4) is 0 Å². The Bertz CT molecular complexity index is 534. The summed E-state index contributed by atoms with van der Waals surface area (Å²) < 4.78 is 0. The Kier molecular flexibility index (Phi) is 3.52. The van der Waals surface area contributed by atoms with Gasteiger partial charge in [-0.25, -0.2) is 9.97 Å². The van der Waals surface area contributed by atoms with Gasteiger partial charge in [-0.1, -0.05) is 17.7 Å². The molecule has 0 atom stereocenters. The fourth-order valence-corrected chi connectivity index (χ4v) is 1.41. The van der Waals surface area contributed by atoms with Crippen LogP contribution in [0.15, 0.2) is 36.7 Å². The van der Waals surface area contributed by atoms with Gasteiger partial charge in [-0.05, 0) is 19.1 Å². The Balaban J connectivity index is 2.09. The number of carbonyl (C=O) groups is 1. The van der Waals surface area contributed by atoms with E-state index in [-0.39, 0.29) is 11.6 Å². The number of aromatic nitrogens is 2. The predicted octanol–water partition coefficient (Wildman–Crippen LogP) is 2.08. The second-order valence-corrected chi connectivity index (χ2v) is 3.86. The summed E-state index contributed by atoms with van der Waals surface area (Å²) in [4.78, 5) is 19.9. The van der Waals surface area contributed by atoms with E-state index in [0.29, 0.717) is 5.82 Å². The Morgan fingerprint density at radius 2 is 1.83 bits per heavy atom. The van der Waals surface area contributed by atoms with Gasteiger partial charge in [0.05, 0.1) is 12.4 Å². The van der Waals surface area contributed by atoms with E-state index >= 15 is 0 Å². The van der Waals surface area contributed by atoms with Gasteiger partial charge in [0.2, 0.25) is 0 Å². The Morgan fingerprint density at radius 3 is 2.39 bits per heavy atom. The molecule has 2 aromatic rings. The van der Waals surface area contributed by atoms with Crippen LogP contribution in [0.2, 0.25) is 0 Å². The zero-order valence-corrected chi connectivity index (χ0v) is 10.3. The van der Waals surface area contributed by atoms with Crippen LogP contribution in [0.4, 0.5) is 11.5 Å². The summed E-state index contributed by atoms with van der Waals surface area (Å²) in [5.74, 6) is 0.357. The summed E-state index contributed by atoms with van der Waals surface area (Å²) >= 11 is 0. The number of amides is 1. The zero-order chi connectivity index (χ0) is 13.0. The second-order valence-electron chi connectivity index (χ2n) is 3.86.